The molecule has 2 aromatic carbocycles. The zero-order chi connectivity index (χ0) is 21.2. The van der Waals surface area contributed by atoms with Crippen molar-refractivity contribution in [3.63, 3.8) is 0 Å². The highest BCUT2D eigenvalue weighted by Gasteiger charge is 2.32. The first kappa shape index (κ1) is 19.1. The van der Waals surface area contributed by atoms with Gasteiger partial charge in [-0.15, -0.1) is 0 Å². The molecular formula is C22H23N7O2. The lowest BCUT2D eigenvalue weighted by Crippen LogP contribution is -2.43. The lowest BCUT2D eigenvalue weighted by molar-refractivity contribution is 0.0699. The number of para-hydroxylation sites is 2. The average molecular weight is 417 g/mol. The molecule has 9 heteroatoms. The third-order valence-corrected chi connectivity index (χ3v) is 5.47. The predicted molar refractivity (Wildman–Crippen MR) is 120 cm³/mol. The minimum absolute atomic E-state index is 0.0287. The van der Waals surface area contributed by atoms with Crippen LogP contribution in [0.1, 0.15) is 0 Å². The SMILES string of the molecule is Nc1nc2c(ncn2COCC2N(c3ccccc3)CCN2c2ccccc2)c(=O)[nH]1. The summed E-state index contributed by atoms with van der Waals surface area (Å²) in [7, 11) is 0. The Morgan fingerprint density at radius 1 is 1.00 bits per heavy atom. The average Bonchev–Trinajstić information content (AvgIpc) is 3.40. The molecule has 2 aromatic heterocycles. The number of nitrogens with two attached hydrogens (primary N) is 1. The maximum atomic E-state index is 12.0. The largest absolute Gasteiger partial charge is 0.369 e. The summed E-state index contributed by atoms with van der Waals surface area (Å²) in [6.07, 6.45) is 1.58. The summed E-state index contributed by atoms with van der Waals surface area (Å²) in [4.78, 5) is 27.5. The molecule has 0 radical (unpaired) electrons. The second kappa shape index (κ2) is 8.11. The molecule has 0 spiro atoms. The molecule has 0 unspecified atom stereocenters. The Bertz CT molecular complexity index is 1180. The van der Waals surface area contributed by atoms with Crippen molar-refractivity contribution in [1.29, 1.82) is 0 Å². The number of anilines is 3. The van der Waals surface area contributed by atoms with E-state index < -0.39 is 0 Å². The molecule has 158 valence electrons. The standard InChI is InChI=1S/C22H23N7O2/c23-22-25-20-19(21(30)26-22)24-14-27(20)15-31-13-18-28(16-7-3-1-4-8-16)11-12-29(18)17-9-5-2-6-10-17/h1-10,14,18H,11-13,15H2,(H3,23,25,26,30). The first-order valence-corrected chi connectivity index (χ1v) is 10.1. The molecule has 31 heavy (non-hydrogen) atoms. The van der Waals surface area contributed by atoms with Crippen molar-refractivity contribution in [3.8, 4) is 0 Å². The zero-order valence-corrected chi connectivity index (χ0v) is 16.9. The fraction of sp³-hybridized carbons (Fsp3) is 0.227. The van der Waals surface area contributed by atoms with Crippen LogP contribution in [0.5, 0.6) is 0 Å². The Kier molecular flexibility index (Phi) is 5.01. The quantitative estimate of drug-likeness (QED) is 0.494. The minimum atomic E-state index is -0.359. The van der Waals surface area contributed by atoms with Gasteiger partial charge in [0.1, 0.15) is 12.9 Å². The Hall–Kier alpha value is -3.85. The van der Waals surface area contributed by atoms with Gasteiger partial charge < -0.3 is 20.3 Å². The number of imidazole rings is 1. The number of fused-ring (bicyclic) bond motifs is 1. The minimum Gasteiger partial charge on any atom is -0.369 e. The number of benzene rings is 2. The van der Waals surface area contributed by atoms with E-state index in [1.165, 1.54) is 0 Å². The Morgan fingerprint density at radius 2 is 1.61 bits per heavy atom. The highest BCUT2D eigenvalue weighted by Crippen LogP contribution is 2.28. The molecule has 4 aromatic rings. The molecule has 0 amide bonds. The highest BCUT2D eigenvalue weighted by molar-refractivity contribution is 5.70. The summed E-state index contributed by atoms with van der Waals surface area (Å²) in [6, 6.07) is 20.7. The molecular weight excluding hydrogens is 394 g/mol. The Balaban J connectivity index is 1.37. The fourth-order valence-electron chi connectivity index (χ4n) is 4.02. The second-order valence-corrected chi connectivity index (χ2v) is 7.38. The molecule has 1 aliphatic heterocycles. The number of aromatic nitrogens is 4. The molecule has 3 N–H and O–H groups in total. The number of nitrogens with zero attached hydrogens (tertiary/aromatic N) is 5. The van der Waals surface area contributed by atoms with E-state index in [1.54, 1.807) is 10.9 Å². The van der Waals surface area contributed by atoms with E-state index in [-0.39, 0.29) is 29.9 Å². The Labute approximate surface area is 178 Å². The van der Waals surface area contributed by atoms with Crippen LogP contribution in [0, 0.1) is 0 Å². The van der Waals surface area contributed by atoms with Crippen LogP contribution in [0.25, 0.3) is 11.2 Å². The van der Waals surface area contributed by atoms with E-state index in [4.69, 9.17) is 10.5 Å². The van der Waals surface area contributed by atoms with Crippen molar-refractivity contribution in [2.75, 3.05) is 35.2 Å². The van der Waals surface area contributed by atoms with Gasteiger partial charge in [0.2, 0.25) is 5.95 Å². The number of nitrogen functional groups attached to an aromatic ring is 1. The van der Waals surface area contributed by atoms with Crippen molar-refractivity contribution < 1.29 is 4.74 Å². The van der Waals surface area contributed by atoms with Crippen LogP contribution in [-0.4, -0.2) is 45.4 Å². The normalized spacial score (nSPS) is 14.6. The second-order valence-electron chi connectivity index (χ2n) is 7.38. The summed E-state index contributed by atoms with van der Waals surface area (Å²) in [5, 5.41) is 0. The number of hydrogen-bond acceptors (Lipinski definition) is 7. The number of H-pyrrole nitrogens is 1. The van der Waals surface area contributed by atoms with Gasteiger partial charge in [-0.3, -0.25) is 14.3 Å². The van der Waals surface area contributed by atoms with Gasteiger partial charge in [-0.1, -0.05) is 36.4 Å². The monoisotopic (exact) mass is 417 g/mol. The number of nitrogens with one attached hydrogen (secondary N) is 1. The molecule has 1 aliphatic rings. The van der Waals surface area contributed by atoms with Crippen molar-refractivity contribution in [3.05, 3.63) is 77.3 Å². The van der Waals surface area contributed by atoms with Crippen LogP contribution >= 0.6 is 0 Å². The van der Waals surface area contributed by atoms with E-state index in [9.17, 15) is 4.79 Å². The maximum absolute atomic E-state index is 12.0. The lowest BCUT2D eigenvalue weighted by Gasteiger charge is -2.32. The summed E-state index contributed by atoms with van der Waals surface area (Å²) >= 11 is 0. The van der Waals surface area contributed by atoms with E-state index in [2.05, 4.69) is 49.0 Å². The zero-order valence-electron chi connectivity index (χ0n) is 16.9. The smallest absolute Gasteiger partial charge is 0.280 e. The maximum Gasteiger partial charge on any atom is 0.280 e. The van der Waals surface area contributed by atoms with Gasteiger partial charge >= 0.3 is 0 Å². The van der Waals surface area contributed by atoms with Crippen LogP contribution in [0.4, 0.5) is 17.3 Å². The van der Waals surface area contributed by atoms with Crippen LogP contribution in [0.2, 0.25) is 0 Å². The van der Waals surface area contributed by atoms with Crippen LogP contribution in [-0.2, 0) is 11.5 Å². The first-order chi connectivity index (χ1) is 15.2. The molecule has 1 fully saturated rings. The van der Waals surface area contributed by atoms with Gasteiger partial charge in [-0.2, -0.15) is 4.98 Å². The molecule has 5 rings (SSSR count). The Morgan fingerprint density at radius 3 is 2.23 bits per heavy atom. The van der Waals surface area contributed by atoms with E-state index in [0.29, 0.717) is 12.3 Å². The van der Waals surface area contributed by atoms with Gasteiger partial charge in [0.25, 0.3) is 5.56 Å². The number of rotatable bonds is 6. The lowest BCUT2D eigenvalue weighted by atomic mass is 10.2. The summed E-state index contributed by atoms with van der Waals surface area (Å²) < 4.78 is 7.79. The highest BCUT2D eigenvalue weighted by atomic mass is 16.5. The van der Waals surface area contributed by atoms with Gasteiger partial charge in [0, 0.05) is 24.5 Å². The van der Waals surface area contributed by atoms with Crippen molar-refractivity contribution >= 4 is 28.5 Å². The summed E-state index contributed by atoms with van der Waals surface area (Å²) in [5.74, 6) is 0.0561. The van der Waals surface area contributed by atoms with E-state index in [1.807, 2.05) is 36.4 Å². The third-order valence-electron chi connectivity index (χ3n) is 5.47. The van der Waals surface area contributed by atoms with Gasteiger partial charge in [-0.25, -0.2) is 4.98 Å². The van der Waals surface area contributed by atoms with Gasteiger partial charge in [-0.05, 0) is 24.3 Å². The topological polar surface area (TPSA) is 105 Å². The van der Waals surface area contributed by atoms with Crippen LogP contribution in [0.3, 0.4) is 0 Å². The number of ether oxygens (including phenoxy) is 1. The summed E-state index contributed by atoms with van der Waals surface area (Å²) in [6.45, 7) is 2.47. The van der Waals surface area contributed by atoms with Gasteiger partial charge in [0.05, 0.1) is 12.9 Å². The van der Waals surface area contributed by atoms with Crippen molar-refractivity contribution in [1.82, 2.24) is 19.5 Å². The first-order valence-electron chi connectivity index (χ1n) is 10.1. The fourth-order valence-corrected chi connectivity index (χ4v) is 4.02. The van der Waals surface area contributed by atoms with E-state index in [0.717, 1.165) is 24.5 Å². The number of hydrogen-bond donors (Lipinski definition) is 2. The van der Waals surface area contributed by atoms with Gasteiger partial charge in [0.15, 0.2) is 11.2 Å². The van der Waals surface area contributed by atoms with Crippen molar-refractivity contribution in [2.24, 2.45) is 0 Å². The summed E-state index contributed by atoms with van der Waals surface area (Å²) in [5.41, 5.74) is 8.29. The third kappa shape index (κ3) is 3.71. The molecule has 0 atom stereocenters. The van der Waals surface area contributed by atoms with E-state index >= 15 is 0 Å². The van der Waals surface area contributed by atoms with Crippen molar-refractivity contribution in [2.45, 2.75) is 12.9 Å². The molecule has 0 bridgehead atoms. The predicted octanol–water partition coefficient (Wildman–Crippen LogP) is 2.03. The molecule has 1 saturated heterocycles. The van der Waals surface area contributed by atoms with Crippen LogP contribution in [0.15, 0.2) is 71.8 Å². The molecule has 0 saturated carbocycles. The van der Waals surface area contributed by atoms with Crippen LogP contribution < -0.4 is 21.1 Å². The molecule has 9 nitrogen and oxygen atoms in total. The number of aromatic amines is 1. The molecule has 3 heterocycles. The molecule has 0 aliphatic carbocycles.